The maximum Gasteiger partial charge on any atom is 0.233 e. The lowest BCUT2D eigenvalue weighted by molar-refractivity contribution is -0.141. The number of benzene rings is 1. The van der Waals surface area contributed by atoms with Crippen LogP contribution in [0.25, 0.3) is 0 Å². The van der Waals surface area contributed by atoms with E-state index >= 15 is 0 Å². The average molecular weight is 329 g/mol. The number of carbonyl (C=O) groups excluding carboxylic acids is 2. The van der Waals surface area contributed by atoms with E-state index in [-0.39, 0.29) is 36.8 Å². The number of fused-ring (bicyclic) bond motifs is 1. The van der Waals surface area contributed by atoms with Crippen LogP contribution in [0.5, 0.6) is 5.75 Å². The predicted molar refractivity (Wildman–Crippen MR) is 89.5 cm³/mol. The quantitative estimate of drug-likeness (QED) is 0.663. The molecule has 24 heavy (non-hydrogen) atoms. The lowest BCUT2D eigenvalue weighted by Gasteiger charge is -2.19. The monoisotopic (exact) mass is 329 g/mol. The number of aliphatic hydroxyl groups excluding tert-OH is 1. The molecule has 1 fully saturated rings. The van der Waals surface area contributed by atoms with Crippen LogP contribution in [0.4, 0.5) is 0 Å². The van der Waals surface area contributed by atoms with Crippen LogP contribution in [0.3, 0.4) is 0 Å². The molecule has 0 bridgehead atoms. The number of imide groups is 1. The summed E-state index contributed by atoms with van der Waals surface area (Å²) in [5, 5.41) is 10.2. The van der Waals surface area contributed by atoms with Gasteiger partial charge in [-0.05, 0) is 49.9 Å². The summed E-state index contributed by atoms with van der Waals surface area (Å²) in [5.74, 6) is -0.159. The average Bonchev–Trinajstić information content (AvgIpc) is 2.78. The van der Waals surface area contributed by atoms with Gasteiger partial charge >= 0.3 is 0 Å². The highest BCUT2D eigenvalue weighted by Gasteiger charge is 2.47. The fraction of sp³-hybridized carbons (Fsp3) is 0.474. The van der Waals surface area contributed by atoms with Gasteiger partial charge < -0.3 is 9.84 Å². The first-order valence-electron chi connectivity index (χ1n) is 8.35. The summed E-state index contributed by atoms with van der Waals surface area (Å²) >= 11 is 0. The molecule has 1 aromatic rings. The highest BCUT2D eigenvalue weighted by Crippen LogP contribution is 2.35. The van der Waals surface area contributed by atoms with E-state index in [2.05, 4.69) is 0 Å². The number of allylic oxidation sites excluding steroid dienone is 2. The molecule has 3 rings (SSSR count). The van der Waals surface area contributed by atoms with Crippen LogP contribution in [0.2, 0.25) is 0 Å². The number of hydrogen-bond donors (Lipinski definition) is 1. The van der Waals surface area contributed by atoms with E-state index in [1.807, 2.05) is 44.2 Å². The molecule has 0 saturated carbocycles. The molecule has 0 spiro atoms. The van der Waals surface area contributed by atoms with Gasteiger partial charge in [0.05, 0.1) is 18.4 Å². The second-order valence-corrected chi connectivity index (χ2v) is 6.73. The van der Waals surface area contributed by atoms with Gasteiger partial charge in [-0.3, -0.25) is 14.5 Å². The first-order valence-corrected chi connectivity index (χ1v) is 8.35. The van der Waals surface area contributed by atoms with Gasteiger partial charge in [-0.25, -0.2) is 0 Å². The molecule has 5 heteroatoms. The van der Waals surface area contributed by atoms with Gasteiger partial charge in [-0.2, -0.15) is 0 Å². The van der Waals surface area contributed by atoms with Crippen LogP contribution >= 0.6 is 0 Å². The normalized spacial score (nSPS) is 24.2. The van der Waals surface area contributed by atoms with Crippen LogP contribution in [0.15, 0.2) is 30.4 Å². The van der Waals surface area contributed by atoms with Gasteiger partial charge in [-0.1, -0.05) is 18.2 Å². The van der Waals surface area contributed by atoms with Gasteiger partial charge in [-0.15, -0.1) is 0 Å². The van der Waals surface area contributed by atoms with Gasteiger partial charge in [0.25, 0.3) is 0 Å². The molecule has 1 aromatic carbocycles. The second kappa shape index (κ2) is 6.77. The summed E-state index contributed by atoms with van der Waals surface area (Å²) in [6.07, 6.45) is 4.24. The van der Waals surface area contributed by atoms with E-state index < -0.39 is 6.10 Å². The summed E-state index contributed by atoms with van der Waals surface area (Å²) < 4.78 is 5.62. The standard InChI is InChI=1S/C19H23NO4/c1-12-7-13(2)9-15(8-12)24-11-14(21)10-20-18(22)16-5-3-4-6-17(16)19(20)23/h3-4,7-9,14,16-17,21H,5-6,10-11H2,1-2H3/t14-,16+,17+/m1/s1. The second-order valence-electron chi connectivity index (χ2n) is 6.73. The fourth-order valence-electron chi connectivity index (χ4n) is 3.52. The van der Waals surface area contributed by atoms with Crippen LogP contribution in [0.1, 0.15) is 24.0 Å². The van der Waals surface area contributed by atoms with Gasteiger partial charge in [0, 0.05) is 0 Å². The molecule has 1 aliphatic heterocycles. The Kier molecular flexibility index (Phi) is 4.71. The Morgan fingerprint density at radius 1 is 1.08 bits per heavy atom. The summed E-state index contributed by atoms with van der Waals surface area (Å²) in [7, 11) is 0. The topological polar surface area (TPSA) is 66.8 Å². The van der Waals surface area contributed by atoms with Crippen LogP contribution < -0.4 is 4.74 Å². The van der Waals surface area contributed by atoms with Crippen molar-refractivity contribution in [2.45, 2.75) is 32.8 Å². The molecule has 128 valence electrons. The molecule has 0 unspecified atom stereocenters. The molecule has 0 aromatic heterocycles. The zero-order valence-electron chi connectivity index (χ0n) is 14.1. The Bertz CT molecular complexity index is 636. The Balaban J connectivity index is 1.58. The maximum absolute atomic E-state index is 12.4. The maximum atomic E-state index is 12.4. The number of likely N-dealkylation sites (tertiary alicyclic amines) is 1. The smallest absolute Gasteiger partial charge is 0.233 e. The molecular formula is C19H23NO4. The fourth-order valence-corrected chi connectivity index (χ4v) is 3.52. The van der Waals surface area contributed by atoms with E-state index in [1.165, 1.54) is 4.90 Å². The third-order valence-corrected chi connectivity index (χ3v) is 4.63. The third-order valence-electron chi connectivity index (χ3n) is 4.63. The lowest BCUT2D eigenvalue weighted by Crippen LogP contribution is -2.40. The van der Waals surface area contributed by atoms with Crippen molar-refractivity contribution < 1.29 is 19.4 Å². The van der Waals surface area contributed by atoms with Crippen LogP contribution in [-0.4, -0.2) is 41.1 Å². The molecule has 1 saturated heterocycles. The summed E-state index contributed by atoms with van der Waals surface area (Å²) in [4.78, 5) is 25.9. The van der Waals surface area contributed by atoms with Crippen LogP contribution in [-0.2, 0) is 9.59 Å². The molecule has 2 aliphatic rings. The van der Waals surface area contributed by atoms with Crippen LogP contribution in [0, 0.1) is 25.7 Å². The molecular weight excluding hydrogens is 306 g/mol. The minimum absolute atomic E-state index is 0.00450. The Hall–Kier alpha value is -2.14. The van der Waals surface area contributed by atoms with Gasteiger partial charge in [0.15, 0.2) is 0 Å². The minimum atomic E-state index is -0.896. The van der Waals surface area contributed by atoms with Crippen molar-refractivity contribution in [1.82, 2.24) is 4.90 Å². The molecule has 3 atom stereocenters. The third kappa shape index (κ3) is 3.36. The number of hydrogen-bond acceptors (Lipinski definition) is 4. The summed E-state index contributed by atoms with van der Waals surface area (Å²) in [6, 6.07) is 5.83. The Morgan fingerprint density at radius 3 is 2.17 bits per heavy atom. The first-order chi connectivity index (χ1) is 11.5. The van der Waals surface area contributed by atoms with E-state index in [0.717, 1.165) is 11.1 Å². The van der Waals surface area contributed by atoms with Gasteiger partial charge in [0.2, 0.25) is 11.8 Å². The number of β-amino-alcohol motifs (C(OH)–C–C–N with tert-alkyl or cyclic N) is 1. The number of carbonyl (C=O) groups is 2. The molecule has 2 amide bonds. The van der Waals surface area contributed by atoms with Crippen molar-refractivity contribution in [2.75, 3.05) is 13.2 Å². The predicted octanol–water partition coefficient (Wildman–Crippen LogP) is 1.99. The number of nitrogens with zero attached hydrogens (tertiary/aromatic N) is 1. The molecule has 0 radical (unpaired) electrons. The lowest BCUT2D eigenvalue weighted by atomic mass is 9.85. The minimum Gasteiger partial charge on any atom is -0.491 e. The number of rotatable bonds is 5. The Labute approximate surface area is 141 Å². The highest BCUT2D eigenvalue weighted by molar-refractivity contribution is 6.05. The number of aliphatic hydroxyl groups is 1. The SMILES string of the molecule is Cc1cc(C)cc(OC[C@H](O)CN2C(=O)[C@H]3CC=CC[C@@H]3C2=O)c1. The van der Waals surface area contributed by atoms with Crippen molar-refractivity contribution in [3.8, 4) is 5.75 Å². The molecule has 1 heterocycles. The number of aryl methyl sites for hydroxylation is 2. The zero-order valence-corrected chi connectivity index (χ0v) is 14.1. The van der Waals surface area contributed by atoms with Crippen molar-refractivity contribution in [2.24, 2.45) is 11.8 Å². The zero-order chi connectivity index (χ0) is 17.3. The van der Waals surface area contributed by atoms with Crippen molar-refractivity contribution in [3.05, 3.63) is 41.5 Å². The highest BCUT2D eigenvalue weighted by atomic mass is 16.5. The molecule has 5 nitrogen and oxygen atoms in total. The molecule has 1 N–H and O–H groups in total. The number of amides is 2. The van der Waals surface area contributed by atoms with E-state index in [0.29, 0.717) is 18.6 Å². The van der Waals surface area contributed by atoms with E-state index in [4.69, 9.17) is 4.74 Å². The van der Waals surface area contributed by atoms with Crippen molar-refractivity contribution in [3.63, 3.8) is 0 Å². The van der Waals surface area contributed by atoms with Gasteiger partial charge in [0.1, 0.15) is 18.5 Å². The number of ether oxygens (including phenoxy) is 1. The van der Waals surface area contributed by atoms with Crippen molar-refractivity contribution >= 4 is 11.8 Å². The summed E-state index contributed by atoms with van der Waals surface area (Å²) in [6.45, 7) is 4.00. The molecule has 1 aliphatic carbocycles. The van der Waals surface area contributed by atoms with Crippen molar-refractivity contribution in [1.29, 1.82) is 0 Å². The Morgan fingerprint density at radius 2 is 1.62 bits per heavy atom. The summed E-state index contributed by atoms with van der Waals surface area (Å²) in [5.41, 5.74) is 2.17. The largest absolute Gasteiger partial charge is 0.491 e. The van der Waals surface area contributed by atoms with E-state index in [9.17, 15) is 14.7 Å². The first kappa shape index (κ1) is 16.7. The van der Waals surface area contributed by atoms with E-state index in [1.54, 1.807) is 0 Å².